The van der Waals surface area contributed by atoms with Crippen LogP contribution in [0.25, 0.3) is 0 Å². The molecule has 2 aromatic rings. The first-order valence-electron chi connectivity index (χ1n) is 7.71. The Labute approximate surface area is 135 Å². The van der Waals surface area contributed by atoms with Crippen LogP contribution in [0.3, 0.4) is 0 Å². The third kappa shape index (κ3) is 3.26. The van der Waals surface area contributed by atoms with Crippen molar-refractivity contribution in [1.29, 1.82) is 0 Å². The Kier molecular flexibility index (Phi) is 3.90. The number of aromatic carboxylic acids is 1. The minimum absolute atomic E-state index is 0.197. The van der Waals surface area contributed by atoms with E-state index >= 15 is 0 Å². The summed E-state index contributed by atoms with van der Waals surface area (Å²) in [5, 5.41) is 12.3. The van der Waals surface area contributed by atoms with Crippen molar-refractivity contribution in [3.05, 3.63) is 59.2 Å². The van der Waals surface area contributed by atoms with Crippen LogP contribution in [0, 0.1) is 0 Å². The van der Waals surface area contributed by atoms with Gasteiger partial charge in [0.25, 0.3) is 0 Å². The van der Waals surface area contributed by atoms with Crippen LogP contribution < -0.4 is 5.32 Å². The molecule has 4 nitrogen and oxygen atoms in total. The molecule has 118 valence electrons. The number of aliphatic imine (C=N–C) groups is 1. The Bertz CT molecular complexity index is 761. The summed E-state index contributed by atoms with van der Waals surface area (Å²) in [6.45, 7) is 5.52. The highest BCUT2D eigenvalue weighted by molar-refractivity contribution is 5.88. The summed E-state index contributed by atoms with van der Waals surface area (Å²) < 4.78 is 0. The summed E-state index contributed by atoms with van der Waals surface area (Å²) in [4.78, 5) is 15.3. The van der Waals surface area contributed by atoms with Crippen molar-refractivity contribution >= 4 is 23.6 Å². The molecule has 3 rings (SSSR count). The number of carboxylic acid groups (broad SMARTS) is 1. The number of anilines is 1. The Morgan fingerprint density at radius 2 is 1.96 bits per heavy atom. The quantitative estimate of drug-likeness (QED) is 0.834. The van der Waals surface area contributed by atoms with Gasteiger partial charge in [0, 0.05) is 18.4 Å². The first kappa shape index (κ1) is 15.3. The van der Waals surface area contributed by atoms with Crippen LogP contribution in [0.4, 0.5) is 11.4 Å². The van der Waals surface area contributed by atoms with Gasteiger partial charge in [0.1, 0.15) is 0 Å². The zero-order chi connectivity index (χ0) is 16.4. The summed E-state index contributed by atoms with van der Waals surface area (Å²) in [5.74, 6) is -0.927. The van der Waals surface area contributed by atoms with Gasteiger partial charge >= 0.3 is 5.97 Å². The second-order valence-corrected chi connectivity index (χ2v) is 6.48. The summed E-state index contributed by atoms with van der Waals surface area (Å²) in [7, 11) is 0. The van der Waals surface area contributed by atoms with Crippen LogP contribution >= 0.6 is 0 Å². The maximum absolute atomic E-state index is 10.8. The predicted octanol–water partition coefficient (Wildman–Crippen LogP) is 4.23. The maximum Gasteiger partial charge on any atom is 0.335 e. The number of carboxylic acids is 1. The number of benzene rings is 2. The Hall–Kier alpha value is -2.62. The first-order chi connectivity index (χ1) is 11.0. The average Bonchev–Trinajstić information content (AvgIpc) is 2.53. The number of nitrogens with zero attached hydrogens (tertiary/aromatic N) is 1. The number of hydrogen-bond donors (Lipinski definition) is 2. The fraction of sp³-hybridized carbons (Fsp3) is 0.263. The van der Waals surface area contributed by atoms with Crippen molar-refractivity contribution in [3.8, 4) is 0 Å². The standard InChI is InChI=1S/C19H20N2O2/c1-19(2)9-10-20-17-11-13(3-8-16(17)19)12-21-15-6-4-14(5-7-15)18(22)23/h3-8,11-12,20H,9-10H2,1-2H3,(H,22,23). The lowest BCUT2D eigenvalue weighted by atomic mass is 9.78. The molecule has 0 saturated carbocycles. The number of nitrogens with one attached hydrogen (secondary N) is 1. The molecule has 0 fully saturated rings. The van der Waals surface area contributed by atoms with Gasteiger partial charge < -0.3 is 10.4 Å². The lowest BCUT2D eigenvalue weighted by molar-refractivity contribution is 0.0697. The van der Waals surface area contributed by atoms with E-state index in [1.807, 2.05) is 0 Å². The van der Waals surface area contributed by atoms with Gasteiger partial charge in [-0.3, -0.25) is 4.99 Å². The van der Waals surface area contributed by atoms with Crippen molar-refractivity contribution in [1.82, 2.24) is 0 Å². The third-order valence-corrected chi connectivity index (χ3v) is 4.32. The predicted molar refractivity (Wildman–Crippen MR) is 93.2 cm³/mol. The van der Waals surface area contributed by atoms with E-state index in [2.05, 4.69) is 42.4 Å². The van der Waals surface area contributed by atoms with Crippen LogP contribution in [-0.2, 0) is 5.41 Å². The normalized spacial score (nSPS) is 15.9. The minimum Gasteiger partial charge on any atom is -0.478 e. The second kappa shape index (κ2) is 5.88. The largest absolute Gasteiger partial charge is 0.478 e. The van der Waals surface area contributed by atoms with E-state index in [1.54, 1.807) is 30.5 Å². The Balaban J connectivity index is 1.82. The van der Waals surface area contributed by atoms with Crippen molar-refractivity contribution in [2.75, 3.05) is 11.9 Å². The van der Waals surface area contributed by atoms with Crippen LogP contribution in [0.1, 0.15) is 41.8 Å². The summed E-state index contributed by atoms with van der Waals surface area (Å²) in [6.07, 6.45) is 2.93. The van der Waals surface area contributed by atoms with E-state index in [-0.39, 0.29) is 11.0 Å². The van der Waals surface area contributed by atoms with Crippen molar-refractivity contribution in [2.24, 2.45) is 4.99 Å². The van der Waals surface area contributed by atoms with Crippen LogP contribution in [0.5, 0.6) is 0 Å². The van der Waals surface area contributed by atoms with Gasteiger partial charge in [0.05, 0.1) is 11.3 Å². The SMILES string of the molecule is CC1(C)CCNc2cc(C=Nc3ccc(C(=O)O)cc3)ccc21. The minimum atomic E-state index is -0.927. The number of hydrogen-bond acceptors (Lipinski definition) is 3. The van der Waals surface area contributed by atoms with Crippen molar-refractivity contribution < 1.29 is 9.90 Å². The molecule has 0 aromatic heterocycles. The Morgan fingerprint density at radius 3 is 2.65 bits per heavy atom. The molecular weight excluding hydrogens is 288 g/mol. The van der Waals surface area contributed by atoms with E-state index in [4.69, 9.17) is 5.11 Å². The molecule has 4 heteroatoms. The molecule has 0 spiro atoms. The first-order valence-corrected chi connectivity index (χ1v) is 7.71. The number of rotatable bonds is 3. The van der Waals surface area contributed by atoms with Crippen molar-refractivity contribution in [3.63, 3.8) is 0 Å². The van der Waals surface area contributed by atoms with E-state index in [9.17, 15) is 4.79 Å². The molecule has 1 aliphatic rings. The monoisotopic (exact) mass is 308 g/mol. The van der Waals surface area contributed by atoms with E-state index in [0.29, 0.717) is 0 Å². The number of carbonyl (C=O) groups is 1. The van der Waals surface area contributed by atoms with E-state index in [1.165, 1.54) is 11.3 Å². The second-order valence-electron chi connectivity index (χ2n) is 6.48. The summed E-state index contributed by atoms with van der Waals surface area (Å²) in [5.41, 5.74) is 4.74. The van der Waals surface area contributed by atoms with Gasteiger partial charge in [-0.2, -0.15) is 0 Å². The topological polar surface area (TPSA) is 61.7 Å². The molecule has 0 radical (unpaired) electrons. The maximum atomic E-state index is 10.8. The van der Waals surface area contributed by atoms with Gasteiger partial charge in [0.2, 0.25) is 0 Å². The van der Waals surface area contributed by atoms with Crippen LogP contribution in [0.15, 0.2) is 47.5 Å². The zero-order valence-corrected chi connectivity index (χ0v) is 13.3. The van der Waals surface area contributed by atoms with Gasteiger partial charge in [-0.25, -0.2) is 4.79 Å². The Morgan fingerprint density at radius 1 is 1.22 bits per heavy atom. The molecule has 0 saturated heterocycles. The van der Waals surface area contributed by atoms with Crippen LogP contribution in [-0.4, -0.2) is 23.8 Å². The molecule has 1 heterocycles. The molecule has 1 aliphatic heterocycles. The lowest BCUT2D eigenvalue weighted by Crippen LogP contribution is -2.28. The van der Waals surface area contributed by atoms with Gasteiger partial charge in [-0.1, -0.05) is 26.0 Å². The molecule has 0 atom stereocenters. The fourth-order valence-corrected chi connectivity index (χ4v) is 2.86. The average molecular weight is 308 g/mol. The zero-order valence-electron chi connectivity index (χ0n) is 13.3. The van der Waals surface area contributed by atoms with Gasteiger partial charge in [-0.15, -0.1) is 0 Å². The van der Waals surface area contributed by atoms with E-state index in [0.717, 1.165) is 24.2 Å². The molecule has 23 heavy (non-hydrogen) atoms. The van der Waals surface area contributed by atoms with Crippen molar-refractivity contribution in [2.45, 2.75) is 25.7 Å². The van der Waals surface area contributed by atoms with Gasteiger partial charge in [0.15, 0.2) is 0 Å². The lowest BCUT2D eigenvalue weighted by Gasteiger charge is -2.33. The molecule has 0 unspecified atom stereocenters. The highest BCUT2D eigenvalue weighted by Crippen LogP contribution is 2.36. The molecular formula is C19H20N2O2. The van der Waals surface area contributed by atoms with Crippen LogP contribution in [0.2, 0.25) is 0 Å². The third-order valence-electron chi connectivity index (χ3n) is 4.32. The summed E-state index contributed by atoms with van der Waals surface area (Å²) >= 11 is 0. The highest BCUT2D eigenvalue weighted by Gasteiger charge is 2.26. The van der Waals surface area contributed by atoms with Gasteiger partial charge in [-0.05, 0) is 53.3 Å². The molecule has 0 aliphatic carbocycles. The van der Waals surface area contributed by atoms with E-state index < -0.39 is 5.97 Å². The molecule has 0 amide bonds. The smallest absolute Gasteiger partial charge is 0.335 e. The molecule has 2 aromatic carbocycles. The summed E-state index contributed by atoms with van der Waals surface area (Å²) in [6, 6.07) is 12.9. The molecule has 0 bridgehead atoms. The highest BCUT2D eigenvalue weighted by atomic mass is 16.4. The number of fused-ring (bicyclic) bond motifs is 1. The molecule has 2 N–H and O–H groups in total. The fourth-order valence-electron chi connectivity index (χ4n) is 2.86.